The minimum Gasteiger partial charge on any atom is -0.343 e. The van der Waals surface area contributed by atoms with Gasteiger partial charge in [0, 0.05) is 6.54 Å². The lowest BCUT2D eigenvalue weighted by Crippen LogP contribution is -2.69. The lowest BCUT2D eigenvalue weighted by molar-refractivity contribution is -0.158. The highest BCUT2D eigenvalue weighted by Gasteiger charge is 2.48. The van der Waals surface area contributed by atoms with Crippen LogP contribution in [0.4, 0.5) is 0 Å². The summed E-state index contributed by atoms with van der Waals surface area (Å²) in [6, 6.07) is 1.57. The van der Waals surface area contributed by atoms with E-state index in [4.69, 9.17) is 0 Å². The summed E-state index contributed by atoms with van der Waals surface area (Å²) in [5.74, 6) is -0.0191. The molecule has 0 spiro atoms. The molecule has 1 atom stereocenters. The van der Waals surface area contributed by atoms with Crippen molar-refractivity contribution >= 4 is 23.2 Å². The number of carbonyl (C=O) groups is 2. The zero-order valence-corrected chi connectivity index (χ0v) is 12.4. The number of piperazine rings is 1. The molecule has 0 aliphatic carbocycles. The maximum absolute atomic E-state index is 12.4. The van der Waals surface area contributed by atoms with Gasteiger partial charge >= 0.3 is 0 Å². The molecular weight excluding hydrogens is 260 g/mol. The molecule has 4 nitrogen and oxygen atoms in total. The van der Waals surface area contributed by atoms with Crippen molar-refractivity contribution in [2.75, 3.05) is 0 Å². The molecule has 104 valence electrons. The zero-order chi connectivity index (χ0) is 14.0. The average Bonchev–Trinajstić information content (AvgIpc) is 2.90. The molecule has 1 fully saturated rings. The standard InChI is InChI=1S/C14H20N2O2S/c1-4-14(5-2)13(18)15-10(3)12(17)16(14)8-11-6-7-19-9-11/h6-7,9-10H,4-5,8H2,1-3H3,(H,15,18). The molecule has 1 N–H and O–H groups in total. The quantitative estimate of drug-likeness (QED) is 0.918. The van der Waals surface area contributed by atoms with E-state index in [0.717, 1.165) is 5.56 Å². The van der Waals surface area contributed by atoms with Crippen molar-refractivity contribution in [2.24, 2.45) is 0 Å². The number of thiophene rings is 1. The molecule has 1 aromatic rings. The van der Waals surface area contributed by atoms with Crippen molar-refractivity contribution in [1.29, 1.82) is 0 Å². The van der Waals surface area contributed by atoms with Crippen LogP contribution < -0.4 is 5.32 Å². The molecule has 2 rings (SSSR count). The van der Waals surface area contributed by atoms with Crippen molar-refractivity contribution in [3.8, 4) is 0 Å². The second-order valence-corrected chi connectivity index (χ2v) is 5.77. The molecule has 1 unspecified atom stereocenters. The van der Waals surface area contributed by atoms with Gasteiger partial charge in [-0.25, -0.2) is 0 Å². The van der Waals surface area contributed by atoms with Gasteiger partial charge in [-0.3, -0.25) is 9.59 Å². The second-order valence-electron chi connectivity index (χ2n) is 4.99. The van der Waals surface area contributed by atoms with E-state index in [1.165, 1.54) is 0 Å². The third-order valence-corrected chi connectivity index (χ3v) is 4.75. The molecule has 0 bridgehead atoms. The average molecular weight is 280 g/mol. The SMILES string of the molecule is CCC1(CC)C(=O)NC(C)C(=O)N1Cc1ccsc1. The maximum atomic E-state index is 12.4. The van der Waals surface area contributed by atoms with Gasteiger partial charge in [0.05, 0.1) is 0 Å². The Morgan fingerprint density at radius 2 is 2.05 bits per heavy atom. The Bertz CT molecular complexity index is 466. The van der Waals surface area contributed by atoms with E-state index in [9.17, 15) is 9.59 Å². The number of hydrogen-bond donors (Lipinski definition) is 1. The fraction of sp³-hybridized carbons (Fsp3) is 0.571. The monoisotopic (exact) mass is 280 g/mol. The predicted octanol–water partition coefficient (Wildman–Crippen LogP) is 2.15. The van der Waals surface area contributed by atoms with Gasteiger partial charge in [0.15, 0.2) is 0 Å². The normalized spacial score (nSPS) is 22.5. The van der Waals surface area contributed by atoms with Gasteiger partial charge in [-0.2, -0.15) is 11.3 Å². The Morgan fingerprint density at radius 1 is 1.37 bits per heavy atom. The van der Waals surface area contributed by atoms with E-state index in [0.29, 0.717) is 19.4 Å². The third-order valence-electron chi connectivity index (χ3n) is 4.01. The first-order valence-electron chi connectivity index (χ1n) is 6.68. The molecule has 1 aliphatic heterocycles. The summed E-state index contributed by atoms with van der Waals surface area (Å²) < 4.78 is 0. The highest BCUT2D eigenvalue weighted by atomic mass is 32.1. The topological polar surface area (TPSA) is 49.4 Å². The lowest BCUT2D eigenvalue weighted by Gasteiger charge is -2.47. The summed E-state index contributed by atoms with van der Waals surface area (Å²) in [5.41, 5.74) is 0.387. The zero-order valence-electron chi connectivity index (χ0n) is 11.6. The first kappa shape index (κ1) is 14.1. The van der Waals surface area contributed by atoms with Gasteiger partial charge in [0.25, 0.3) is 0 Å². The van der Waals surface area contributed by atoms with Gasteiger partial charge in [0.1, 0.15) is 11.6 Å². The Kier molecular flexibility index (Phi) is 3.94. The van der Waals surface area contributed by atoms with E-state index >= 15 is 0 Å². The minimum atomic E-state index is -0.703. The fourth-order valence-electron chi connectivity index (χ4n) is 2.71. The molecule has 1 aliphatic rings. The Labute approximate surface area is 117 Å². The number of hydrogen-bond acceptors (Lipinski definition) is 3. The van der Waals surface area contributed by atoms with Crippen LogP contribution >= 0.6 is 11.3 Å². The van der Waals surface area contributed by atoms with E-state index in [1.807, 2.05) is 30.7 Å². The second kappa shape index (κ2) is 5.33. The van der Waals surface area contributed by atoms with Crippen molar-refractivity contribution in [3.05, 3.63) is 22.4 Å². The fourth-order valence-corrected chi connectivity index (χ4v) is 3.37. The van der Waals surface area contributed by atoms with E-state index in [-0.39, 0.29) is 11.8 Å². The Morgan fingerprint density at radius 3 is 2.58 bits per heavy atom. The van der Waals surface area contributed by atoms with Crippen molar-refractivity contribution in [1.82, 2.24) is 10.2 Å². The van der Waals surface area contributed by atoms with Gasteiger partial charge in [-0.1, -0.05) is 13.8 Å². The van der Waals surface area contributed by atoms with Crippen LogP contribution in [0.3, 0.4) is 0 Å². The summed E-state index contributed by atoms with van der Waals surface area (Å²) in [4.78, 5) is 26.6. The van der Waals surface area contributed by atoms with Crippen LogP contribution in [0.25, 0.3) is 0 Å². The van der Waals surface area contributed by atoms with Gasteiger partial charge in [-0.15, -0.1) is 0 Å². The molecule has 5 heteroatoms. The number of nitrogens with one attached hydrogen (secondary N) is 1. The van der Waals surface area contributed by atoms with E-state index in [2.05, 4.69) is 5.32 Å². The largest absolute Gasteiger partial charge is 0.343 e. The molecule has 19 heavy (non-hydrogen) atoms. The van der Waals surface area contributed by atoms with Crippen molar-refractivity contribution in [3.63, 3.8) is 0 Å². The Balaban J connectivity index is 2.36. The molecule has 2 heterocycles. The summed E-state index contributed by atoms with van der Waals surface area (Å²) in [6.45, 7) is 6.19. The predicted molar refractivity (Wildman–Crippen MR) is 75.8 cm³/mol. The minimum absolute atomic E-state index is 0.00880. The molecular formula is C14H20N2O2S. The summed E-state index contributed by atoms with van der Waals surface area (Å²) in [5, 5.41) is 6.83. The highest BCUT2D eigenvalue weighted by Crippen LogP contribution is 2.30. The number of amides is 2. The smallest absolute Gasteiger partial charge is 0.246 e. The van der Waals surface area contributed by atoms with Crippen LogP contribution in [-0.4, -0.2) is 28.3 Å². The van der Waals surface area contributed by atoms with Gasteiger partial charge in [0.2, 0.25) is 11.8 Å². The van der Waals surface area contributed by atoms with Crippen LogP contribution in [0, 0.1) is 0 Å². The Hall–Kier alpha value is -1.36. The van der Waals surface area contributed by atoms with Crippen LogP contribution in [0.5, 0.6) is 0 Å². The first-order chi connectivity index (χ1) is 9.05. The molecule has 0 aromatic carbocycles. The van der Waals surface area contributed by atoms with Crippen LogP contribution in [0.1, 0.15) is 39.2 Å². The third kappa shape index (κ3) is 2.27. The molecule has 1 aromatic heterocycles. The van der Waals surface area contributed by atoms with Gasteiger partial charge in [-0.05, 0) is 42.2 Å². The lowest BCUT2D eigenvalue weighted by atomic mass is 9.85. The summed E-state index contributed by atoms with van der Waals surface area (Å²) in [6.07, 6.45) is 1.27. The molecule has 0 radical (unpaired) electrons. The number of rotatable bonds is 4. The number of nitrogens with zero attached hydrogens (tertiary/aromatic N) is 1. The van der Waals surface area contributed by atoms with Crippen LogP contribution in [0.15, 0.2) is 16.8 Å². The van der Waals surface area contributed by atoms with Crippen molar-refractivity contribution < 1.29 is 9.59 Å². The van der Waals surface area contributed by atoms with Crippen LogP contribution in [0.2, 0.25) is 0 Å². The molecule has 0 saturated carbocycles. The maximum Gasteiger partial charge on any atom is 0.246 e. The van der Waals surface area contributed by atoms with E-state index < -0.39 is 11.6 Å². The van der Waals surface area contributed by atoms with Crippen LogP contribution in [-0.2, 0) is 16.1 Å². The van der Waals surface area contributed by atoms with Crippen molar-refractivity contribution in [2.45, 2.75) is 51.7 Å². The highest BCUT2D eigenvalue weighted by molar-refractivity contribution is 7.07. The molecule has 1 saturated heterocycles. The first-order valence-corrected chi connectivity index (χ1v) is 7.63. The number of carbonyl (C=O) groups excluding carboxylic acids is 2. The van der Waals surface area contributed by atoms with E-state index in [1.54, 1.807) is 23.2 Å². The molecule has 2 amide bonds. The summed E-state index contributed by atoms with van der Waals surface area (Å²) in [7, 11) is 0. The summed E-state index contributed by atoms with van der Waals surface area (Å²) >= 11 is 1.61. The van der Waals surface area contributed by atoms with Gasteiger partial charge < -0.3 is 10.2 Å².